The summed E-state index contributed by atoms with van der Waals surface area (Å²) in [4.78, 5) is 41.9. The van der Waals surface area contributed by atoms with Crippen molar-refractivity contribution in [2.24, 2.45) is 23.7 Å². The number of rotatable bonds is 38. The molecule has 0 aliphatic carbocycles. The Morgan fingerprint density at radius 1 is 0.414 bits per heavy atom. The minimum atomic E-state index is -0.767. The fraction of sp³-hybridized carbons (Fsp3) is 0.534. The number of carboxylic acid groups (broad SMARTS) is 3. The first-order chi connectivity index (χ1) is 33.9. The van der Waals surface area contributed by atoms with E-state index in [1.807, 2.05) is 52.5 Å². The molecule has 4 aromatic rings. The van der Waals surface area contributed by atoms with Crippen molar-refractivity contribution in [3.63, 3.8) is 0 Å². The number of carboxylic acids is 3. The zero-order valence-corrected chi connectivity index (χ0v) is 43.1. The van der Waals surface area contributed by atoms with Crippen LogP contribution in [0.3, 0.4) is 0 Å². The van der Waals surface area contributed by atoms with E-state index in [9.17, 15) is 29.7 Å². The van der Waals surface area contributed by atoms with Crippen molar-refractivity contribution in [3.05, 3.63) is 142 Å². The third-order valence-corrected chi connectivity index (χ3v) is 13.5. The Balaban J connectivity index is 1.66. The lowest BCUT2D eigenvalue weighted by atomic mass is 9.93. The lowest BCUT2D eigenvalue weighted by Crippen LogP contribution is -2.34. The van der Waals surface area contributed by atoms with Crippen LogP contribution in [0.2, 0.25) is 0 Å². The van der Waals surface area contributed by atoms with Gasteiger partial charge in [-0.2, -0.15) is 0 Å². The van der Waals surface area contributed by atoms with E-state index in [0.717, 1.165) is 111 Å². The van der Waals surface area contributed by atoms with Crippen LogP contribution in [-0.4, -0.2) is 110 Å². The molecule has 0 spiro atoms. The molecule has 384 valence electrons. The number of benzene rings is 4. The molecule has 12 heteroatoms. The Bertz CT molecular complexity index is 2060. The van der Waals surface area contributed by atoms with E-state index in [1.165, 1.54) is 17.5 Å². The van der Waals surface area contributed by atoms with Crippen molar-refractivity contribution in [2.45, 2.75) is 110 Å². The summed E-state index contributed by atoms with van der Waals surface area (Å²) >= 11 is 0. The van der Waals surface area contributed by atoms with Crippen molar-refractivity contribution < 1.29 is 29.7 Å². The summed E-state index contributed by atoms with van der Waals surface area (Å²) in [6.45, 7) is 9.88. The topological polar surface area (TPSA) is 166 Å². The highest BCUT2D eigenvalue weighted by Crippen LogP contribution is 2.23. The average molecular weight is 963 g/mol. The SMILES string of the molecule is CNCCCC(C)Cc1cccc(CN(CCN(Cc2cccc(CC(CCCNC)C(=O)O)c2)Cc2cccc(CC(CCCNC)C(=O)O)c2)Cc2cccc(CC(CCCNC)C(=O)O)c2)c1. The average Bonchev–Trinajstić information content (AvgIpc) is 3.33. The van der Waals surface area contributed by atoms with Crippen LogP contribution >= 0.6 is 0 Å². The maximum absolute atomic E-state index is 12.3. The molecule has 7 N–H and O–H groups in total. The highest BCUT2D eigenvalue weighted by Gasteiger charge is 2.22. The van der Waals surface area contributed by atoms with Crippen LogP contribution in [-0.2, 0) is 66.2 Å². The molecule has 0 fully saturated rings. The highest BCUT2D eigenvalue weighted by molar-refractivity contribution is 5.71. The summed E-state index contributed by atoms with van der Waals surface area (Å²) < 4.78 is 0. The zero-order chi connectivity index (χ0) is 50.5. The number of hydrogen-bond donors (Lipinski definition) is 7. The molecule has 0 amide bonds. The van der Waals surface area contributed by atoms with Gasteiger partial charge in [-0.15, -0.1) is 0 Å². The predicted octanol–water partition coefficient (Wildman–Crippen LogP) is 8.30. The maximum atomic E-state index is 12.3. The van der Waals surface area contributed by atoms with Crippen molar-refractivity contribution in [1.82, 2.24) is 31.1 Å². The third kappa shape index (κ3) is 22.4. The molecule has 4 aromatic carbocycles. The Morgan fingerprint density at radius 2 is 0.671 bits per heavy atom. The van der Waals surface area contributed by atoms with E-state index in [4.69, 9.17) is 0 Å². The molecular weight excluding hydrogens is 877 g/mol. The Morgan fingerprint density at radius 3 is 0.943 bits per heavy atom. The van der Waals surface area contributed by atoms with E-state index in [1.54, 1.807) is 0 Å². The number of aliphatic carboxylic acids is 3. The lowest BCUT2D eigenvalue weighted by Gasteiger charge is -2.29. The molecule has 0 aliphatic rings. The van der Waals surface area contributed by atoms with Gasteiger partial charge in [0, 0.05) is 39.3 Å². The van der Waals surface area contributed by atoms with Crippen LogP contribution in [0.5, 0.6) is 0 Å². The first-order valence-electron chi connectivity index (χ1n) is 25.9. The molecule has 0 saturated carbocycles. The number of nitrogens with zero attached hydrogens (tertiary/aromatic N) is 2. The molecular formula is C58H86N6O6. The molecule has 4 atom stereocenters. The second-order valence-electron chi connectivity index (χ2n) is 19.7. The molecule has 4 rings (SSSR count). The second kappa shape index (κ2) is 32.8. The number of nitrogens with one attached hydrogen (secondary N) is 4. The molecule has 0 saturated heterocycles. The van der Waals surface area contributed by atoms with Crippen LogP contribution in [0.25, 0.3) is 0 Å². The lowest BCUT2D eigenvalue weighted by molar-refractivity contribution is -0.142. The summed E-state index contributed by atoms with van der Waals surface area (Å²) in [5, 5.41) is 43.0. The van der Waals surface area contributed by atoms with Crippen molar-refractivity contribution in [2.75, 3.05) is 67.5 Å². The van der Waals surface area contributed by atoms with Crippen LogP contribution in [0.15, 0.2) is 97.1 Å². The Hall–Kier alpha value is -4.95. The van der Waals surface area contributed by atoms with Gasteiger partial charge in [0.1, 0.15) is 0 Å². The second-order valence-corrected chi connectivity index (χ2v) is 19.7. The van der Waals surface area contributed by atoms with Crippen molar-refractivity contribution in [3.8, 4) is 0 Å². The fourth-order valence-electron chi connectivity index (χ4n) is 9.66. The summed E-state index contributed by atoms with van der Waals surface area (Å²) in [7, 11) is 7.67. The van der Waals surface area contributed by atoms with Crippen LogP contribution < -0.4 is 21.3 Å². The normalized spacial score (nSPS) is 13.4. The predicted molar refractivity (Wildman–Crippen MR) is 284 cm³/mol. The van der Waals surface area contributed by atoms with E-state index in [0.29, 0.717) is 64.1 Å². The zero-order valence-electron chi connectivity index (χ0n) is 43.1. The van der Waals surface area contributed by atoms with E-state index in [-0.39, 0.29) is 0 Å². The van der Waals surface area contributed by atoms with Gasteiger partial charge in [-0.3, -0.25) is 24.2 Å². The van der Waals surface area contributed by atoms with Crippen LogP contribution in [0.1, 0.15) is 103 Å². The van der Waals surface area contributed by atoms with Crippen molar-refractivity contribution in [1.29, 1.82) is 0 Å². The number of carbonyl (C=O) groups is 3. The quantitative estimate of drug-likeness (QED) is 0.0215. The van der Waals surface area contributed by atoms with Gasteiger partial charge in [-0.05, 0) is 182 Å². The van der Waals surface area contributed by atoms with Gasteiger partial charge in [0.05, 0.1) is 17.8 Å². The maximum Gasteiger partial charge on any atom is 0.306 e. The summed E-state index contributed by atoms with van der Waals surface area (Å²) in [5.74, 6) is -3.09. The van der Waals surface area contributed by atoms with Gasteiger partial charge in [-0.25, -0.2) is 0 Å². The van der Waals surface area contributed by atoms with Gasteiger partial charge in [-0.1, -0.05) is 104 Å². The Labute approximate surface area is 420 Å². The standard InChI is InChI=1S/C58H86N6O6/c1-44(14-10-26-59-2)32-45-15-6-19-49(33-45)40-63(41-50-20-7-16-46(34-50)37-53(56(65)66)23-11-27-60-3)30-31-64(42-51-21-8-17-47(35-51)38-54(57(67)68)24-12-28-61-4)43-52-22-9-18-48(36-52)39-55(58(69)70)25-13-29-62-5/h6-9,15-22,33-36,44,53-55,59-62H,10-14,23-32,37-43H2,1-5H3,(H,65,66)(H,67,68)(H,69,70). The fourth-order valence-corrected chi connectivity index (χ4v) is 9.66. The summed E-state index contributed by atoms with van der Waals surface area (Å²) in [5.41, 5.74) is 9.02. The summed E-state index contributed by atoms with van der Waals surface area (Å²) in [6, 6.07) is 34.2. The van der Waals surface area contributed by atoms with E-state index < -0.39 is 35.7 Å². The van der Waals surface area contributed by atoms with Gasteiger partial charge in [0.15, 0.2) is 0 Å². The molecule has 0 aliphatic heterocycles. The summed E-state index contributed by atoms with van der Waals surface area (Å²) in [6.07, 6.45) is 9.00. The first kappa shape index (κ1) is 57.6. The third-order valence-electron chi connectivity index (χ3n) is 13.5. The van der Waals surface area contributed by atoms with Crippen LogP contribution in [0.4, 0.5) is 0 Å². The van der Waals surface area contributed by atoms with Gasteiger partial charge < -0.3 is 36.6 Å². The van der Waals surface area contributed by atoms with Gasteiger partial charge in [0.25, 0.3) is 0 Å². The minimum absolute atomic E-state index is 0.449. The van der Waals surface area contributed by atoms with Gasteiger partial charge >= 0.3 is 17.9 Å². The van der Waals surface area contributed by atoms with E-state index >= 15 is 0 Å². The molecule has 0 radical (unpaired) electrons. The minimum Gasteiger partial charge on any atom is -0.481 e. The smallest absolute Gasteiger partial charge is 0.306 e. The van der Waals surface area contributed by atoms with Gasteiger partial charge in [0.2, 0.25) is 0 Å². The molecule has 0 bridgehead atoms. The highest BCUT2D eigenvalue weighted by atomic mass is 16.4. The molecule has 70 heavy (non-hydrogen) atoms. The Kier molecular flexibility index (Phi) is 27.0. The van der Waals surface area contributed by atoms with Crippen LogP contribution in [0, 0.1) is 23.7 Å². The van der Waals surface area contributed by atoms with Crippen molar-refractivity contribution >= 4 is 17.9 Å². The first-order valence-corrected chi connectivity index (χ1v) is 25.9. The molecule has 0 heterocycles. The molecule has 12 nitrogen and oxygen atoms in total. The molecule has 0 aromatic heterocycles. The van der Waals surface area contributed by atoms with E-state index in [2.05, 4.69) is 111 Å². The largest absolute Gasteiger partial charge is 0.481 e. The number of hydrogen-bond acceptors (Lipinski definition) is 9. The molecule has 4 unspecified atom stereocenters. The monoisotopic (exact) mass is 963 g/mol.